The number of benzene rings is 1. The first kappa shape index (κ1) is 10.6. The number of urea groups is 1. The van der Waals surface area contributed by atoms with Crippen LogP contribution >= 0.6 is 11.6 Å². The Bertz CT molecular complexity index is 493. The maximum atomic E-state index is 13.4. The Labute approximate surface area is 95.1 Å². The Morgan fingerprint density at radius 2 is 2.00 bits per heavy atom. The van der Waals surface area contributed by atoms with Crippen molar-refractivity contribution in [3.8, 4) is 0 Å². The van der Waals surface area contributed by atoms with Crippen LogP contribution in [0.2, 0.25) is 5.02 Å². The molecule has 3 amide bonds. The number of carbonyl (C=O) groups is 2. The molecule has 6 heteroatoms. The summed E-state index contributed by atoms with van der Waals surface area (Å²) in [6, 6.07) is 3.52. The maximum absolute atomic E-state index is 13.4. The van der Waals surface area contributed by atoms with Crippen LogP contribution < -0.4 is 10.6 Å². The fraction of sp³-hybridized carbons (Fsp3) is 0. The summed E-state index contributed by atoms with van der Waals surface area (Å²) < 4.78 is 13.4. The van der Waals surface area contributed by atoms with E-state index < -0.39 is 17.8 Å². The molecule has 1 aromatic rings. The summed E-state index contributed by atoms with van der Waals surface area (Å²) in [7, 11) is 0. The zero-order valence-electron chi connectivity index (χ0n) is 7.88. The van der Waals surface area contributed by atoms with E-state index in [-0.39, 0.29) is 16.3 Å². The van der Waals surface area contributed by atoms with Crippen molar-refractivity contribution in [1.29, 1.82) is 0 Å². The summed E-state index contributed by atoms with van der Waals surface area (Å²) >= 11 is 5.76. The highest BCUT2D eigenvalue weighted by atomic mass is 35.5. The molecule has 1 saturated heterocycles. The smallest absolute Gasteiger partial charge is 0.303 e. The number of nitrogens with one attached hydrogen (secondary N) is 2. The van der Waals surface area contributed by atoms with Gasteiger partial charge < -0.3 is 5.32 Å². The van der Waals surface area contributed by atoms with Crippen LogP contribution in [0.4, 0.5) is 9.18 Å². The highest BCUT2D eigenvalue weighted by Crippen LogP contribution is 2.21. The number of carbonyl (C=O) groups excluding carboxylic acids is 2. The third-order valence-corrected chi connectivity index (χ3v) is 2.34. The molecule has 0 atom stereocenters. The second-order valence-corrected chi connectivity index (χ2v) is 3.51. The Kier molecular flexibility index (Phi) is 2.62. The second-order valence-electron chi connectivity index (χ2n) is 3.10. The number of imide groups is 1. The minimum atomic E-state index is -0.635. The van der Waals surface area contributed by atoms with Gasteiger partial charge in [-0.3, -0.25) is 10.1 Å². The van der Waals surface area contributed by atoms with Gasteiger partial charge in [0.25, 0.3) is 5.91 Å². The molecule has 1 aliphatic heterocycles. The number of halogens is 2. The van der Waals surface area contributed by atoms with Crippen LogP contribution in [0.3, 0.4) is 0 Å². The zero-order chi connectivity index (χ0) is 11.7. The molecule has 0 saturated carbocycles. The lowest BCUT2D eigenvalue weighted by molar-refractivity contribution is -0.115. The molecule has 16 heavy (non-hydrogen) atoms. The summed E-state index contributed by atoms with van der Waals surface area (Å²) in [4.78, 5) is 22.0. The SMILES string of the molecule is O=C1NC(=O)C(=Cc2c(F)cccc2Cl)N1. The summed E-state index contributed by atoms with van der Waals surface area (Å²) in [5, 5.41) is 4.41. The van der Waals surface area contributed by atoms with Gasteiger partial charge in [0.05, 0.1) is 5.02 Å². The Hall–Kier alpha value is -1.88. The van der Waals surface area contributed by atoms with Crippen molar-refractivity contribution in [2.75, 3.05) is 0 Å². The lowest BCUT2D eigenvalue weighted by atomic mass is 10.2. The van der Waals surface area contributed by atoms with Gasteiger partial charge >= 0.3 is 6.03 Å². The van der Waals surface area contributed by atoms with E-state index in [0.717, 1.165) is 0 Å². The van der Waals surface area contributed by atoms with Gasteiger partial charge in [0, 0.05) is 5.56 Å². The lowest BCUT2D eigenvalue weighted by Crippen LogP contribution is -2.22. The first-order chi connectivity index (χ1) is 7.58. The molecule has 4 nitrogen and oxygen atoms in total. The van der Waals surface area contributed by atoms with Crippen LogP contribution in [0.15, 0.2) is 23.9 Å². The van der Waals surface area contributed by atoms with Crippen LogP contribution in [0, 0.1) is 5.82 Å². The molecule has 1 heterocycles. The molecule has 1 fully saturated rings. The molecular formula is C10H6ClFN2O2. The van der Waals surface area contributed by atoms with E-state index in [1.54, 1.807) is 0 Å². The van der Waals surface area contributed by atoms with Crippen LogP contribution in [-0.2, 0) is 4.79 Å². The molecule has 0 bridgehead atoms. The first-order valence-corrected chi connectivity index (χ1v) is 4.74. The van der Waals surface area contributed by atoms with E-state index in [1.807, 2.05) is 5.32 Å². The number of hydrogen-bond donors (Lipinski definition) is 2. The quantitative estimate of drug-likeness (QED) is 0.579. The van der Waals surface area contributed by atoms with Crippen LogP contribution in [0.25, 0.3) is 6.08 Å². The highest BCUT2D eigenvalue weighted by Gasteiger charge is 2.23. The first-order valence-electron chi connectivity index (χ1n) is 4.36. The van der Waals surface area contributed by atoms with E-state index in [0.29, 0.717) is 0 Å². The van der Waals surface area contributed by atoms with Gasteiger partial charge in [-0.25, -0.2) is 9.18 Å². The topological polar surface area (TPSA) is 58.2 Å². The fourth-order valence-corrected chi connectivity index (χ4v) is 1.49. The lowest BCUT2D eigenvalue weighted by Gasteiger charge is -2.00. The van der Waals surface area contributed by atoms with Gasteiger partial charge in [-0.05, 0) is 18.2 Å². The summed E-state index contributed by atoms with van der Waals surface area (Å²) in [5.41, 5.74) is 0.0357. The van der Waals surface area contributed by atoms with Crippen molar-refractivity contribution in [3.05, 3.63) is 40.3 Å². The molecular weight excluding hydrogens is 235 g/mol. The summed E-state index contributed by atoms with van der Waals surface area (Å²) in [6.07, 6.45) is 1.19. The fourth-order valence-electron chi connectivity index (χ4n) is 1.28. The average Bonchev–Trinajstić information content (AvgIpc) is 2.51. The molecule has 2 N–H and O–H groups in total. The van der Waals surface area contributed by atoms with Gasteiger partial charge in [0.2, 0.25) is 0 Å². The molecule has 0 aromatic heterocycles. The molecule has 0 radical (unpaired) electrons. The van der Waals surface area contributed by atoms with Crippen molar-refractivity contribution >= 4 is 29.6 Å². The summed E-state index contributed by atoms with van der Waals surface area (Å²) in [6.45, 7) is 0. The molecule has 1 aromatic carbocycles. The maximum Gasteiger partial charge on any atom is 0.326 e. The Morgan fingerprint density at radius 3 is 2.56 bits per heavy atom. The largest absolute Gasteiger partial charge is 0.326 e. The number of amides is 3. The van der Waals surface area contributed by atoms with Crippen LogP contribution in [0.5, 0.6) is 0 Å². The zero-order valence-corrected chi connectivity index (χ0v) is 8.64. The van der Waals surface area contributed by atoms with Gasteiger partial charge in [0.15, 0.2) is 0 Å². The van der Waals surface area contributed by atoms with E-state index in [4.69, 9.17) is 11.6 Å². The van der Waals surface area contributed by atoms with Crippen molar-refractivity contribution in [1.82, 2.24) is 10.6 Å². The van der Waals surface area contributed by atoms with Gasteiger partial charge in [-0.15, -0.1) is 0 Å². The average molecular weight is 241 g/mol. The third-order valence-electron chi connectivity index (χ3n) is 2.01. The third kappa shape index (κ3) is 1.90. The van der Waals surface area contributed by atoms with Crippen molar-refractivity contribution < 1.29 is 14.0 Å². The van der Waals surface area contributed by atoms with Crippen molar-refractivity contribution in [2.45, 2.75) is 0 Å². The van der Waals surface area contributed by atoms with E-state index in [1.165, 1.54) is 24.3 Å². The summed E-state index contributed by atoms with van der Waals surface area (Å²) in [5.74, 6) is -1.17. The molecule has 0 unspecified atom stereocenters. The molecule has 82 valence electrons. The Morgan fingerprint density at radius 1 is 1.25 bits per heavy atom. The van der Waals surface area contributed by atoms with E-state index in [2.05, 4.69) is 5.32 Å². The molecule has 2 rings (SSSR count). The number of hydrogen-bond acceptors (Lipinski definition) is 2. The molecule has 0 aliphatic carbocycles. The molecule has 1 aliphatic rings. The van der Waals surface area contributed by atoms with E-state index in [9.17, 15) is 14.0 Å². The predicted molar refractivity (Wildman–Crippen MR) is 56.1 cm³/mol. The van der Waals surface area contributed by atoms with Crippen molar-refractivity contribution in [2.24, 2.45) is 0 Å². The normalized spacial score (nSPS) is 17.5. The van der Waals surface area contributed by atoms with Crippen LogP contribution in [-0.4, -0.2) is 11.9 Å². The minimum Gasteiger partial charge on any atom is -0.303 e. The molecule has 0 spiro atoms. The Balaban J connectivity index is 2.44. The van der Waals surface area contributed by atoms with Crippen LogP contribution in [0.1, 0.15) is 5.56 Å². The standard InChI is InChI=1S/C10H6ClFN2O2/c11-6-2-1-3-7(12)5(6)4-8-9(15)14-10(16)13-8/h1-4H,(H2,13,14,15,16). The number of rotatable bonds is 1. The van der Waals surface area contributed by atoms with Gasteiger partial charge in [-0.1, -0.05) is 17.7 Å². The second kappa shape index (κ2) is 3.94. The van der Waals surface area contributed by atoms with Gasteiger partial charge in [-0.2, -0.15) is 0 Å². The highest BCUT2D eigenvalue weighted by molar-refractivity contribution is 6.32. The van der Waals surface area contributed by atoms with E-state index >= 15 is 0 Å². The van der Waals surface area contributed by atoms with Crippen molar-refractivity contribution in [3.63, 3.8) is 0 Å². The predicted octanol–water partition coefficient (Wildman–Crippen LogP) is 1.66. The monoisotopic (exact) mass is 240 g/mol. The minimum absolute atomic E-state index is 0.0306. The van der Waals surface area contributed by atoms with Gasteiger partial charge in [0.1, 0.15) is 11.5 Å².